The molecule has 1 heterocycles. The number of hydrogen-bond acceptors (Lipinski definition) is 3. The molecule has 90 valence electrons. The molecule has 0 bridgehead atoms. The van der Waals surface area contributed by atoms with Crippen molar-refractivity contribution in [2.75, 3.05) is 19.8 Å². The molecule has 2 N–H and O–H groups in total. The third kappa shape index (κ3) is 2.93. The van der Waals surface area contributed by atoms with Crippen molar-refractivity contribution in [1.29, 1.82) is 0 Å². The predicted molar refractivity (Wildman–Crippen MR) is 66.9 cm³/mol. The number of halogens is 3. The Morgan fingerprint density at radius 3 is 2.69 bits per heavy atom. The Morgan fingerprint density at radius 2 is 2.12 bits per heavy atom. The van der Waals surface area contributed by atoms with Gasteiger partial charge in [0.1, 0.15) is 5.75 Å². The summed E-state index contributed by atoms with van der Waals surface area (Å²) in [4.78, 5) is 0. The molecule has 0 unspecified atom stereocenters. The van der Waals surface area contributed by atoms with Crippen LogP contribution in [-0.4, -0.2) is 24.9 Å². The van der Waals surface area contributed by atoms with E-state index in [1.807, 2.05) is 0 Å². The van der Waals surface area contributed by atoms with Gasteiger partial charge < -0.3 is 15.2 Å². The maximum Gasteiger partial charge on any atom is 0.123 e. The normalized spacial score (nSPS) is 20.2. The van der Waals surface area contributed by atoms with Crippen molar-refractivity contribution in [3.05, 3.63) is 27.7 Å². The summed E-state index contributed by atoms with van der Waals surface area (Å²) in [5.74, 6) is 0.107. The first-order valence-corrected chi connectivity index (χ1v) is 5.43. The lowest BCUT2D eigenvalue weighted by molar-refractivity contribution is 0.0761. The molecule has 1 aromatic carbocycles. The Morgan fingerprint density at radius 1 is 1.38 bits per heavy atom. The third-order valence-electron chi connectivity index (χ3n) is 2.34. The van der Waals surface area contributed by atoms with Gasteiger partial charge in [-0.05, 0) is 12.1 Å². The van der Waals surface area contributed by atoms with Gasteiger partial charge in [0.2, 0.25) is 0 Å². The lowest BCUT2D eigenvalue weighted by Gasteiger charge is -2.25. The quantitative estimate of drug-likeness (QED) is 0.833. The summed E-state index contributed by atoms with van der Waals surface area (Å²) in [5, 5.41) is 13.9. The van der Waals surface area contributed by atoms with Crippen LogP contribution in [0.4, 0.5) is 0 Å². The van der Waals surface area contributed by atoms with Gasteiger partial charge in [-0.15, -0.1) is 12.4 Å². The number of rotatable bonds is 1. The van der Waals surface area contributed by atoms with Crippen LogP contribution in [0.3, 0.4) is 0 Å². The topological polar surface area (TPSA) is 41.5 Å². The highest BCUT2D eigenvalue weighted by Crippen LogP contribution is 2.35. The zero-order valence-corrected chi connectivity index (χ0v) is 10.7. The molecule has 2 rings (SSSR count). The summed E-state index contributed by atoms with van der Waals surface area (Å²) in [6, 6.07) is 3.04. The largest absolute Gasteiger partial charge is 0.507 e. The highest BCUT2D eigenvalue weighted by Gasteiger charge is 2.21. The van der Waals surface area contributed by atoms with E-state index in [0.29, 0.717) is 28.8 Å². The van der Waals surface area contributed by atoms with Crippen LogP contribution in [0.2, 0.25) is 10.0 Å². The molecule has 0 amide bonds. The molecule has 6 heteroatoms. The molecule has 1 atom stereocenters. The molecule has 0 aliphatic carbocycles. The van der Waals surface area contributed by atoms with Crippen LogP contribution >= 0.6 is 35.6 Å². The van der Waals surface area contributed by atoms with E-state index < -0.39 is 0 Å². The molecule has 3 nitrogen and oxygen atoms in total. The molecule has 1 aliphatic rings. The van der Waals surface area contributed by atoms with E-state index in [4.69, 9.17) is 27.9 Å². The van der Waals surface area contributed by atoms with Crippen molar-refractivity contribution in [1.82, 2.24) is 5.32 Å². The highest BCUT2D eigenvalue weighted by molar-refractivity contribution is 6.35. The molecule has 0 spiro atoms. The van der Waals surface area contributed by atoms with Gasteiger partial charge in [0, 0.05) is 17.1 Å². The van der Waals surface area contributed by atoms with Crippen LogP contribution in [0.25, 0.3) is 0 Å². The predicted octanol–water partition coefficient (Wildman–Crippen LogP) is 2.78. The lowest BCUT2D eigenvalue weighted by atomic mass is 10.1. The Bertz CT molecular complexity index is 344. The van der Waals surface area contributed by atoms with Crippen molar-refractivity contribution in [2.24, 2.45) is 0 Å². The first kappa shape index (κ1) is 13.9. The Hall–Kier alpha value is -0.190. The summed E-state index contributed by atoms with van der Waals surface area (Å²) in [5.41, 5.74) is 0.653. The minimum absolute atomic E-state index is 0. The number of nitrogens with one attached hydrogen (secondary N) is 1. The van der Waals surface area contributed by atoms with Crippen LogP contribution in [0, 0.1) is 0 Å². The molecular formula is C10H12Cl3NO2. The zero-order chi connectivity index (χ0) is 10.8. The Balaban J connectivity index is 0.00000128. The molecule has 1 fully saturated rings. The van der Waals surface area contributed by atoms with Crippen LogP contribution < -0.4 is 5.32 Å². The minimum atomic E-state index is -0.0662. The fourth-order valence-corrected chi connectivity index (χ4v) is 2.28. The van der Waals surface area contributed by atoms with Gasteiger partial charge in [-0.3, -0.25) is 0 Å². The number of aromatic hydroxyl groups is 1. The van der Waals surface area contributed by atoms with E-state index in [1.54, 1.807) is 6.07 Å². The van der Waals surface area contributed by atoms with E-state index in [2.05, 4.69) is 5.32 Å². The number of phenols is 1. The van der Waals surface area contributed by atoms with E-state index in [9.17, 15) is 5.11 Å². The van der Waals surface area contributed by atoms with Crippen molar-refractivity contribution < 1.29 is 9.84 Å². The van der Waals surface area contributed by atoms with Crippen LogP contribution in [0.1, 0.15) is 11.6 Å². The fourth-order valence-electron chi connectivity index (χ4n) is 1.67. The van der Waals surface area contributed by atoms with E-state index in [0.717, 1.165) is 6.54 Å². The second kappa shape index (κ2) is 5.94. The molecule has 0 radical (unpaired) electrons. The SMILES string of the molecule is Cl.Oc1cc(Cl)cc(Cl)c1[C@H]1COCCN1. The second-order valence-electron chi connectivity index (χ2n) is 3.40. The van der Waals surface area contributed by atoms with E-state index >= 15 is 0 Å². The average molecular weight is 285 g/mol. The first-order chi connectivity index (χ1) is 7.18. The molecule has 0 saturated carbocycles. The molecule has 0 aromatic heterocycles. The van der Waals surface area contributed by atoms with Gasteiger partial charge in [0.15, 0.2) is 0 Å². The number of morpholine rings is 1. The maximum absolute atomic E-state index is 9.76. The van der Waals surface area contributed by atoms with Crippen molar-refractivity contribution in [3.63, 3.8) is 0 Å². The van der Waals surface area contributed by atoms with Gasteiger partial charge in [0.25, 0.3) is 0 Å². The average Bonchev–Trinajstić information content (AvgIpc) is 2.17. The summed E-state index contributed by atoms with van der Waals surface area (Å²) in [6.45, 7) is 1.94. The van der Waals surface area contributed by atoms with Gasteiger partial charge >= 0.3 is 0 Å². The molecule has 1 aromatic rings. The molecule has 16 heavy (non-hydrogen) atoms. The standard InChI is InChI=1S/C10H11Cl2NO2.ClH/c11-6-3-7(12)10(9(14)4-6)8-5-15-2-1-13-8;/h3-4,8,13-14H,1-2,5H2;1H/t8-;/m1./s1. The van der Waals surface area contributed by atoms with E-state index in [-0.39, 0.29) is 24.2 Å². The lowest BCUT2D eigenvalue weighted by Crippen LogP contribution is -2.34. The van der Waals surface area contributed by atoms with Crippen molar-refractivity contribution in [2.45, 2.75) is 6.04 Å². The van der Waals surface area contributed by atoms with Gasteiger partial charge in [0.05, 0.1) is 24.3 Å². The fraction of sp³-hybridized carbons (Fsp3) is 0.400. The number of hydrogen-bond donors (Lipinski definition) is 2. The maximum atomic E-state index is 9.76. The number of phenolic OH excluding ortho intramolecular Hbond substituents is 1. The van der Waals surface area contributed by atoms with Crippen LogP contribution in [-0.2, 0) is 4.74 Å². The highest BCUT2D eigenvalue weighted by atomic mass is 35.5. The Labute approximate surface area is 110 Å². The molecule has 1 aliphatic heterocycles. The van der Waals surface area contributed by atoms with E-state index in [1.165, 1.54) is 6.07 Å². The summed E-state index contributed by atoms with van der Waals surface area (Å²) < 4.78 is 5.31. The summed E-state index contributed by atoms with van der Waals surface area (Å²) in [7, 11) is 0. The van der Waals surface area contributed by atoms with Gasteiger partial charge in [-0.2, -0.15) is 0 Å². The van der Waals surface area contributed by atoms with Gasteiger partial charge in [-0.1, -0.05) is 23.2 Å². The number of ether oxygens (including phenoxy) is 1. The van der Waals surface area contributed by atoms with Gasteiger partial charge in [-0.25, -0.2) is 0 Å². The van der Waals surface area contributed by atoms with Crippen molar-refractivity contribution in [3.8, 4) is 5.75 Å². The molecular weight excluding hydrogens is 272 g/mol. The van der Waals surface area contributed by atoms with Crippen LogP contribution in [0.5, 0.6) is 5.75 Å². The zero-order valence-electron chi connectivity index (χ0n) is 8.37. The Kier molecular flexibility index (Phi) is 5.15. The number of benzene rings is 1. The first-order valence-electron chi connectivity index (χ1n) is 4.67. The smallest absolute Gasteiger partial charge is 0.123 e. The summed E-state index contributed by atoms with van der Waals surface area (Å²) in [6.07, 6.45) is 0. The monoisotopic (exact) mass is 283 g/mol. The summed E-state index contributed by atoms with van der Waals surface area (Å²) >= 11 is 11.8. The molecule has 1 saturated heterocycles. The van der Waals surface area contributed by atoms with Crippen LogP contribution in [0.15, 0.2) is 12.1 Å². The second-order valence-corrected chi connectivity index (χ2v) is 4.25. The minimum Gasteiger partial charge on any atom is -0.507 e. The van der Waals surface area contributed by atoms with Crippen molar-refractivity contribution >= 4 is 35.6 Å². The third-order valence-corrected chi connectivity index (χ3v) is 2.87.